The molecule has 38 heavy (non-hydrogen) atoms. The van der Waals surface area contributed by atoms with Gasteiger partial charge in [0, 0.05) is 17.3 Å². The van der Waals surface area contributed by atoms with Crippen LogP contribution in [0.3, 0.4) is 0 Å². The molecule has 0 aliphatic heterocycles. The van der Waals surface area contributed by atoms with Crippen LogP contribution < -0.4 is 0 Å². The van der Waals surface area contributed by atoms with Crippen molar-refractivity contribution in [3.8, 4) is 0 Å². The molecule has 4 aliphatic rings. The molecular formula is C31H37NO6. The molecule has 4 aliphatic carbocycles. The van der Waals surface area contributed by atoms with Crippen molar-refractivity contribution in [2.45, 2.75) is 65.1 Å². The molecular weight excluding hydrogens is 482 g/mol. The predicted molar refractivity (Wildman–Crippen MR) is 142 cm³/mol. The highest BCUT2D eigenvalue weighted by Gasteiger charge is 2.62. The lowest BCUT2D eigenvalue weighted by atomic mass is 9.46. The number of aliphatic hydroxyl groups is 1. The van der Waals surface area contributed by atoms with Crippen molar-refractivity contribution < 1.29 is 24.3 Å². The summed E-state index contributed by atoms with van der Waals surface area (Å²) in [6.07, 6.45) is 10.4. The zero-order valence-electron chi connectivity index (χ0n) is 22.2. The summed E-state index contributed by atoms with van der Waals surface area (Å²) >= 11 is 0. The van der Waals surface area contributed by atoms with Gasteiger partial charge in [-0.2, -0.15) is 0 Å². The number of ketones is 1. The Labute approximate surface area is 223 Å². The number of esters is 1. The van der Waals surface area contributed by atoms with Crippen molar-refractivity contribution in [1.29, 1.82) is 0 Å². The predicted octanol–water partition coefficient (Wildman–Crippen LogP) is 5.42. The zero-order valence-corrected chi connectivity index (χ0v) is 22.2. The minimum atomic E-state index is -0.488. The Morgan fingerprint density at radius 1 is 1.13 bits per heavy atom. The second-order valence-corrected chi connectivity index (χ2v) is 12.1. The third kappa shape index (κ3) is 4.66. The standard InChI is InChI=1S/C31H37NO6/c1-19-12-13-30(2)22(14-19)8-9-23-24-10-11-25(31(24,3)16-26(33)29(23)30)27(34)18-37-28(35)15-20-4-6-21(7-5-20)17-38-32-36/h4-7,12-14,23-26,29,33H,1,8-11,15-18H2,2-3H3. The fraction of sp³-hybridized carbons (Fsp3) is 0.548. The number of fused-ring (bicyclic) bond motifs is 5. The first kappa shape index (κ1) is 26.5. The summed E-state index contributed by atoms with van der Waals surface area (Å²) in [5.41, 5.74) is 3.44. The monoisotopic (exact) mass is 519 g/mol. The minimum absolute atomic E-state index is 0.0423. The van der Waals surface area contributed by atoms with Gasteiger partial charge < -0.3 is 14.7 Å². The number of carbonyl (C=O) groups excluding carboxylic acids is 2. The molecule has 0 bridgehead atoms. The smallest absolute Gasteiger partial charge is 0.310 e. The summed E-state index contributed by atoms with van der Waals surface area (Å²) in [5.74, 6) is 0.162. The first-order chi connectivity index (χ1) is 18.2. The van der Waals surface area contributed by atoms with Crippen LogP contribution in [-0.2, 0) is 32.2 Å². The van der Waals surface area contributed by atoms with Crippen LogP contribution in [0.1, 0.15) is 57.1 Å². The normalized spacial score (nSPS) is 35.4. The summed E-state index contributed by atoms with van der Waals surface area (Å²) in [7, 11) is 0. The summed E-state index contributed by atoms with van der Waals surface area (Å²) in [5, 5.41) is 13.9. The molecule has 0 heterocycles. The van der Waals surface area contributed by atoms with E-state index in [1.165, 1.54) is 5.57 Å². The van der Waals surface area contributed by atoms with Gasteiger partial charge in [0.2, 0.25) is 0 Å². The minimum Gasteiger partial charge on any atom is -0.457 e. The summed E-state index contributed by atoms with van der Waals surface area (Å²) in [6, 6.07) is 7.03. The van der Waals surface area contributed by atoms with Crippen molar-refractivity contribution in [3.05, 3.63) is 76.3 Å². The first-order valence-corrected chi connectivity index (χ1v) is 13.6. The van der Waals surface area contributed by atoms with Crippen LogP contribution in [0.5, 0.6) is 0 Å². The van der Waals surface area contributed by atoms with Crippen molar-refractivity contribution in [3.63, 3.8) is 0 Å². The Bertz CT molecular complexity index is 1190. The topological polar surface area (TPSA) is 102 Å². The molecule has 202 valence electrons. The van der Waals surface area contributed by atoms with E-state index in [2.05, 4.69) is 48.8 Å². The Morgan fingerprint density at radius 3 is 2.61 bits per heavy atom. The molecule has 7 heteroatoms. The van der Waals surface area contributed by atoms with E-state index in [0.29, 0.717) is 18.3 Å². The number of benzene rings is 1. The number of rotatable bonds is 8. The molecule has 0 saturated heterocycles. The molecule has 0 amide bonds. The van der Waals surface area contributed by atoms with E-state index in [4.69, 9.17) is 4.74 Å². The van der Waals surface area contributed by atoms with E-state index in [0.717, 1.165) is 42.4 Å². The largest absolute Gasteiger partial charge is 0.457 e. The number of nitrogens with zero attached hydrogens (tertiary/aromatic N) is 1. The van der Waals surface area contributed by atoms with Gasteiger partial charge in [0.25, 0.3) is 0 Å². The van der Waals surface area contributed by atoms with Crippen LogP contribution in [0.25, 0.3) is 0 Å². The maximum Gasteiger partial charge on any atom is 0.310 e. The van der Waals surface area contributed by atoms with Crippen molar-refractivity contribution in [2.75, 3.05) is 6.61 Å². The highest BCUT2D eigenvalue weighted by atomic mass is 16.7. The van der Waals surface area contributed by atoms with Crippen LogP contribution in [-0.4, -0.2) is 29.6 Å². The molecule has 1 aromatic rings. The molecule has 0 aromatic heterocycles. The lowest BCUT2D eigenvalue weighted by molar-refractivity contribution is -0.153. The van der Waals surface area contributed by atoms with E-state index < -0.39 is 12.1 Å². The summed E-state index contributed by atoms with van der Waals surface area (Å²) in [4.78, 5) is 40.4. The highest BCUT2D eigenvalue weighted by Crippen LogP contribution is 2.66. The van der Waals surface area contributed by atoms with Gasteiger partial charge in [0.15, 0.2) is 11.1 Å². The van der Waals surface area contributed by atoms with Crippen LogP contribution in [0.2, 0.25) is 0 Å². The van der Waals surface area contributed by atoms with Gasteiger partial charge in [-0.25, -0.2) is 0 Å². The maximum atomic E-state index is 13.4. The zero-order chi connectivity index (χ0) is 27.1. The van der Waals surface area contributed by atoms with Gasteiger partial charge >= 0.3 is 5.97 Å². The highest BCUT2D eigenvalue weighted by molar-refractivity contribution is 5.85. The number of allylic oxidation sites excluding steroid dienone is 5. The van der Waals surface area contributed by atoms with Crippen LogP contribution >= 0.6 is 0 Å². The van der Waals surface area contributed by atoms with Gasteiger partial charge in [0.1, 0.15) is 13.2 Å². The van der Waals surface area contributed by atoms with Crippen LogP contribution in [0, 0.1) is 39.4 Å². The van der Waals surface area contributed by atoms with E-state index in [-0.39, 0.29) is 48.1 Å². The quantitative estimate of drug-likeness (QED) is 0.279. The van der Waals surface area contributed by atoms with Crippen LogP contribution in [0.15, 0.2) is 65.6 Å². The second-order valence-electron chi connectivity index (χ2n) is 12.1. The molecule has 3 fully saturated rings. The lowest BCUT2D eigenvalue weighted by Gasteiger charge is -2.58. The molecule has 0 radical (unpaired) electrons. The van der Waals surface area contributed by atoms with Crippen molar-refractivity contribution >= 4 is 11.8 Å². The number of aliphatic hydroxyl groups excluding tert-OH is 1. The van der Waals surface area contributed by atoms with Crippen molar-refractivity contribution in [1.82, 2.24) is 0 Å². The molecule has 7 unspecified atom stereocenters. The third-order valence-corrected chi connectivity index (χ3v) is 10.0. The fourth-order valence-electron chi connectivity index (χ4n) is 8.26. The molecule has 1 aromatic carbocycles. The molecule has 7 nitrogen and oxygen atoms in total. The van der Waals surface area contributed by atoms with E-state index in [9.17, 15) is 19.6 Å². The fourth-order valence-corrected chi connectivity index (χ4v) is 8.26. The van der Waals surface area contributed by atoms with Crippen molar-refractivity contribution in [2.24, 2.45) is 39.8 Å². The molecule has 7 atom stereocenters. The molecule has 1 N–H and O–H groups in total. The van der Waals surface area contributed by atoms with Gasteiger partial charge in [-0.05, 0) is 66.1 Å². The van der Waals surface area contributed by atoms with Gasteiger partial charge in [-0.3, -0.25) is 9.59 Å². The Balaban J connectivity index is 1.21. The van der Waals surface area contributed by atoms with Gasteiger partial charge in [-0.15, -0.1) is 4.91 Å². The number of hydrogen-bond acceptors (Lipinski definition) is 7. The second kappa shape index (κ2) is 10.3. The number of hydrogen-bond donors (Lipinski definition) is 1. The number of ether oxygens (including phenoxy) is 1. The average Bonchev–Trinajstić information content (AvgIpc) is 3.23. The summed E-state index contributed by atoms with van der Waals surface area (Å²) in [6.45, 7) is 8.37. The first-order valence-electron chi connectivity index (χ1n) is 13.6. The SMILES string of the molecule is C=C1C=CC2(C)C(=C1)CCC1C2C(O)CC2(C)C(C(=O)COC(=O)Cc3ccc(CON=O)cc3)CCC12. The van der Waals surface area contributed by atoms with E-state index in [1.54, 1.807) is 24.3 Å². The van der Waals surface area contributed by atoms with E-state index in [1.807, 2.05) is 0 Å². The Kier molecular flexibility index (Phi) is 7.16. The summed E-state index contributed by atoms with van der Waals surface area (Å²) < 4.78 is 5.41. The van der Waals surface area contributed by atoms with E-state index >= 15 is 0 Å². The molecule has 0 spiro atoms. The Hall–Kier alpha value is -3.06. The maximum absolute atomic E-state index is 13.4. The molecule has 3 saturated carbocycles. The van der Waals surface area contributed by atoms with Gasteiger partial charge in [0.05, 0.1) is 12.5 Å². The lowest BCUT2D eigenvalue weighted by Crippen LogP contribution is -2.56. The third-order valence-electron chi connectivity index (χ3n) is 10.0. The van der Waals surface area contributed by atoms with Gasteiger partial charge in [-0.1, -0.05) is 68.5 Å². The average molecular weight is 520 g/mol. The number of Topliss-reactive ketones (excluding diaryl/α,β-unsaturated/α-hetero) is 1. The Morgan fingerprint density at radius 2 is 1.87 bits per heavy atom. The molecule has 5 rings (SSSR count). The van der Waals surface area contributed by atoms with Crippen LogP contribution in [0.4, 0.5) is 0 Å². The number of carbonyl (C=O) groups is 2.